The quantitative estimate of drug-likeness (QED) is 0.461. The van der Waals surface area contributed by atoms with Gasteiger partial charge in [-0.1, -0.05) is 18.2 Å². The van der Waals surface area contributed by atoms with E-state index in [1.807, 2.05) is 24.5 Å². The molecule has 0 fully saturated rings. The fourth-order valence-corrected chi connectivity index (χ4v) is 5.00. The van der Waals surface area contributed by atoms with Crippen molar-refractivity contribution in [3.8, 4) is 11.1 Å². The lowest BCUT2D eigenvalue weighted by Gasteiger charge is -2.24. The van der Waals surface area contributed by atoms with Gasteiger partial charge in [0.1, 0.15) is 0 Å². The number of aromatic amines is 1. The molecule has 2 aromatic heterocycles. The van der Waals surface area contributed by atoms with Crippen LogP contribution in [0.2, 0.25) is 0 Å². The van der Waals surface area contributed by atoms with Crippen LogP contribution in [0.1, 0.15) is 51.6 Å². The zero-order chi connectivity index (χ0) is 20.8. The van der Waals surface area contributed by atoms with Crippen molar-refractivity contribution in [1.82, 2.24) is 20.6 Å². The fraction of sp³-hybridized carbons (Fsp3) is 0.231. The number of nitrogens with one attached hydrogen (secondary N) is 3. The van der Waals surface area contributed by atoms with Gasteiger partial charge in [-0.3, -0.25) is 9.78 Å². The number of pyridine rings is 1. The third-order valence-corrected chi connectivity index (χ3v) is 6.61. The molecule has 0 spiro atoms. The molecule has 6 rings (SSSR count). The summed E-state index contributed by atoms with van der Waals surface area (Å²) in [6.45, 7) is 1.44. The van der Waals surface area contributed by atoms with Gasteiger partial charge in [0.25, 0.3) is 5.91 Å². The number of aryl methyl sites for hydroxylation is 1. The second-order valence-electron chi connectivity index (χ2n) is 8.52. The standard InChI is InChI=1S/C26H24N4O/c31-26-20-8-6-17(11-19(20)15-29-26)18-7-9-23-22(12-18)21-4-1-5-24(25(21)30-23)28-14-16-3-2-10-27-13-16/h2-3,6-13,24,28,30H,1,4-5,14-15H2,(H,29,31). The molecule has 154 valence electrons. The molecule has 31 heavy (non-hydrogen) atoms. The zero-order valence-electron chi connectivity index (χ0n) is 17.2. The van der Waals surface area contributed by atoms with Crippen LogP contribution in [0.4, 0.5) is 0 Å². The highest BCUT2D eigenvalue weighted by Crippen LogP contribution is 2.37. The Labute approximate surface area is 180 Å². The molecule has 0 radical (unpaired) electrons. The molecule has 0 saturated carbocycles. The van der Waals surface area contributed by atoms with Gasteiger partial charge in [0.15, 0.2) is 0 Å². The van der Waals surface area contributed by atoms with E-state index in [2.05, 4.69) is 57.0 Å². The Bertz CT molecular complexity index is 1290. The molecule has 5 heteroatoms. The van der Waals surface area contributed by atoms with Gasteiger partial charge < -0.3 is 15.6 Å². The summed E-state index contributed by atoms with van der Waals surface area (Å²) in [6, 6.07) is 17.2. The maximum atomic E-state index is 11.9. The van der Waals surface area contributed by atoms with Gasteiger partial charge in [0, 0.05) is 53.7 Å². The summed E-state index contributed by atoms with van der Waals surface area (Å²) in [7, 11) is 0. The molecule has 1 atom stereocenters. The number of H-pyrrole nitrogens is 1. The normalized spacial score (nSPS) is 17.4. The highest BCUT2D eigenvalue weighted by Gasteiger charge is 2.24. The maximum Gasteiger partial charge on any atom is 0.251 e. The highest BCUT2D eigenvalue weighted by atomic mass is 16.1. The number of hydrogen-bond donors (Lipinski definition) is 3. The Morgan fingerprint density at radius 3 is 2.90 bits per heavy atom. The molecule has 3 heterocycles. The predicted molar refractivity (Wildman–Crippen MR) is 122 cm³/mol. The first-order valence-electron chi connectivity index (χ1n) is 10.9. The minimum absolute atomic E-state index is 0.0292. The van der Waals surface area contributed by atoms with Crippen LogP contribution in [-0.2, 0) is 19.5 Å². The van der Waals surface area contributed by atoms with E-state index in [4.69, 9.17) is 0 Å². The Morgan fingerprint density at radius 2 is 2.00 bits per heavy atom. The second-order valence-corrected chi connectivity index (χ2v) is 8.52. The maximum absolute atomic E-state index is 11.9. The van der Waals surface area contributed by atoms with Crippen LogP contribution in [0.25, 0.3) is 22.0 Å². The van der Waals surface area contributed by atoms with Gasteiger partial charge in [-0.2, -0.15) is 0 Å². The van der Waals surface area contributed by atoms with Crippen LogP contribution in [0.5, 0.6) is 0 Å². The summed E-state index contributed by atoms with van der Waals surface area (Å²) >= 11 is 0. The van der Waals surface area contributed by atoms with Crippen molar-refractivity contribution in [2.24, 2.45) is 0 Å². The van der Waals surface area contributed by atoms with Gasteiger partial charge in [0.05, 0.1) is 0 Å². The minimum Gasteiger partial charge on any atom is -0.357 e. The van der Waals surface area contributed by atoms with Crippen molar-refractivity contribution in [1.29, 1.82) is 0 Å². The minimum atomic E-state index is 0.0292. The van der Waals surface area contributed by atoms with Crippen LogP contribution in [0.15, 0.2) is 60.9 Å². The molecule has 1 aliphatic carbocycles. The summed E-state index contributed by atoms with van der Waals surface area (Å²) in [6.07, 6.45) is 7.16. The van der Waals surface area contributed by atoms with Crippen LogP contribution >= 0.6 is 0 Å². The molecule has 2 aliphatic rings. The lowest BCUT2D eigenvalue weighted by Crippen LogP contribution is -2.24. The van der Waals surface area contributed by atoms with Crippen molar-refractivity contribution in [3.63, 3.8) is 0 Å². The second kappa shape index (κ2) is 7.36. The number of rotatable bonds is 4. The van der Waals surface area contributed by atoms with E-state index in [0.717, 1.165) is 36.1 Å². The summed E-state index contributed by atoms with van der Waals surface area (Å²) < 4.78 is 0. The molecule has 0 bridgehead atoms. The first-order chi connectivity index (χ1) is 15.3. The van der Waals surface area contributed by atoms with Crippen molar-refractivity contribution in [2.75, 3.05) is 0 Å². The molecule has 4 aromatic rings. The average molecular weight is 409 g/mol. The summed E-state index contributed by atoms with van der Waals surface area (Å²) in [5, 5.41) is 7.94. The summed E-state index contributed by atoms with van der Waals surface area (Å²) in [5.74, 6) is 0.0292. The largest absolute Gasteiger partial charge is 0.357 e. The highest BCUT2D eigenvalue weighted by molar-refractivity contribution is 5.99. The first-order valence-corrected chi connectivity index (χ1v) is 10.9. The Morgan fingerprint density at radius 1 is 1.10 bits per heavy atom. The molecule has 3 N–H and O–H groups in total. The Balaban J connectivity index is 1.33. The van der Waals surface area contributed by atoms with Crippen LogP contribution < -0.4 is 10.6 Å². The molecule has 2 aromatic carbocycles. The lowest BCUT2D eigenvalue weighted by atomic mass is 9.90. The van der Waals surface area contributed by atoms with E-state index in [0.29, 0.717) is 12.6 Å². The van der Waals surface area contributed by atoms with E-state index in [1.165, 1.54) is 39.7 Å². The van der Waals surface area contributed by atoms with E-state index >= 15 is 0 Å². The molecular formula is C26H24N4O. The number of aromatic nitrogens is 2. The van der Waals surface area contributed by atoms with E-state index < -0.39 is 0 Å². The van der Waals surface area contributed by atoms with E-state index in [9.17, 15) is 4.79 Å². The van der Waals surface area contributed by atoms with Crippen molar-refractivity contribution in [3.05, 3.63) is 88.9 Å². The van der Waals surface area contributed by atoms with Gasteiger partial charge in [0.2, 0.25) is 0 Å². The SMILES string of the molecule is O=C1NCc2cc(-c3ccc4[nH]c5c(c4c3)CCCC5NCc3cccnc3)ccc21. The van der Waals surface area contributed by atoms with Crippen molar-refractivity contribution >= 4 is 16.8 Å². The first kappa shape index (κ1) is 18.3. The fourth-order valence-electron chi connectivity index (χ4n) is 5.00. The molecule has 0 saturated heterocycles. The number of carbonyl (C=O) groups excluding carboxylic acids is 1. The van der Waals surface area contributed by atoms with E-state index in [1.54, 1.807) is 0 Å². The van der Waals surface area contributed by atoms with Crippen LogP contribution in [-0.4, -0.2) is 15.9 Å². The number of nitrogens with zero attached hydrogens (tertiary/aromatic N) is 1. The Hall–Kier alpha value is -3.44. The lowest BCUT2D eigenvalue weighted by molar-refractivity contribution is 0.0966. The third kappa shape index (κ3) is 3.22. The number of fused-ring (bicyclic) bond motifs is 4. The van der Waals surface area contributed by atoms with Gasteiger partial charge in [-0.25, -0.2) is 0 Å². The van der Waals surface area contributed by atoms with Gasteiger partial charge >= 0.3 is 0 Å². The average Bonchev–Trinajstić information content (AvgIpc) is 3.38. The van der Waals surface area contributed by atoms with Crippen LogP contribution in [0.3, 0.4) is 0 Å². The number of amides is 1. The number of benzene rings is 2. The monoisotopic (exact) mass is 408 g/mol. The molecule has 1 aliphatic heterocycles. The van der Waals surface area contributed by atoms with Gasteiger partial charge in [-0.15, -0.1) is 0 Å². The van der Waals surface area contributed by atoms with Gasteiger partial charge in [-0.05, 0) is 77.4 Å². The topological polar surface area (TPSA) is 69.8 Å². The number of hydrogen-bond acceptors (Lipinski definition) is 3. The Kier molecular flexibility index (Phi) is 4.35. The summed E-state index contributed by atoms with van der Waals surface area (Å²) in [4.78, 5) is 19.8. The zero-order valence-corrected chi connectivity index (χ0v) is 17.2. The molecule has 1 amide bonds. The third-order valence-electron chi connectivity index (χ3n) is 6.61. The molecule has 1 unspecified atom stereocenters. The number of carbonyl (C=O) groups is 1. The summed E-state index contributed by atoms with van der Waals surface area (Å²) in [5.41, 5.74) is 9.40. The molecule has 5 nitrogen and oxygen atoms in total. The molecular weight excluding hydrogens is 384 g/mol. The van der Waals surface area contributed by atoms with Crippen LogP contribution in [0, 0.1) is 0 Å². The van der Waals surface area contributed by atoms with Crippen molar-refractivity contribution in [2.45, 2.75) is 38.4 Å². The van der Waals surface area contributed by atoms with E-state index in [-0.39, 0.29) is 5.91 Å². The predicted octanol–water partition coefficient (Wildman–Crippen LogP) is 4.64. The van der Waals surface area contributed by atoms with Crippen molar-refractivity contribution < 1.29 is 4.79 Å². The smallest absolute Gasteiger partial charge is 0.251 e.